The highest BCUT2D eigenvalue weighted by molar-refractivity contribution is 6.33. The third-order valence-corrected chi connectivity index (χ3v) is 3.80. The maximum absolute atomic E-state index is 6.24. The fourth-order valence-corrected chi connectivity index (χ4v) is 2.56. The molecule has 23 heavy (non-hydrogen) atoms. The molecule has 5 heteroatoms. The Hall–Kier alpha value is -2.85. The second-order valence-electron chi connectivity index (χ2n) is 5.00. The average Bonchev–Trinajstić information content (AvgIpc) is 3.11. The van der Waals surface area contributed by atoms with Crippen LogP contribution in [0.3, 0.4) is 0 Å². The van der Waals surface area contributed by atoms with Gasteiger partial charge in [-0.05, 0) is 36.4 Å². The smallest absolute Gasteiger partial charge is 0.198 e. The number of aromatic nitrogens is 2. The van der Waals surface area contributed by atoms with Gasteiger partial charge in [0.05, 0.1) is 22.5 Å². The molecule has 0 bridgehead atoms. The summed E-state index contributed by atoms with van der Waals surface area (Å²) in [5.74, 6) is 1.84. The average molecular weight is 322 g/mol. The van der Waals surface area contributed by atoms with Crippen molar-refractivity contribution in [3.05, 3.63) is 71.9 Å². The lowest BCUT2D eigenvalue weighted by molar-refractivity contribution is 0.577. The van der Waals surface area contributed by atoms with Crippen LogP contribution >= 0.6 is 11.6 Å². The van der Waals surface area contributed by atoms with E-state index in [2.05, 4.69) is 15.3 Å². The van der Waals surface area contributed by atoms with Gasteiger partial charge in [0.1, 0.15) is 5.82 Å². The van der Waals surface area contributed by atoms with E-state index in [-0.39, 0.29) is 0 Å². The van der Waals surface area contributed by atoms with Crippen LogP contribution in [0.5, 0.6) is 0 Å². The van der Waals surface area contributed by atoms with E-state index in [4.69, 9.17) is 16.0 Å². The van der Waals surface area contributed by atoms with Gasteiger partial charge in [-0.15, -0.1) is 0 Å². The van der Waals surface area contributed by atoms with Gasteiger partial charge in [0, 0.05) is 5.39 Å². The standard InChI is InChI=1S/C18H12ClN3O/c19-13-7-2-4-9-15(13)21-17-12-6-1-3-8-14(12)20-18(22-17)16-10-5-11-23-16/h1-11H,(H,20,21,22). The maximum atomic E-state index is 6.24. The summed E-state index contributed by atoms with van der Waals surface area (Å²) in [6, 6.07) is 19.0. The molecule has 4 nitrogen and oxygen atoms in total. The van der Waals surface area contributed by atoms with Crippen molar-refractivity contribution in [3.63, 3.8) is 0 Å². The van der Waals surface area contributed by atoms with Gasteiger partial charge >= 0.3 is 0 Å². The van der Waals surface area contributed by atoms with Gasteiger partial charge in [0.2, 0.25) is 0 Å². The van der Waals surface area contributed by atoms with Crippen LogP contribution in [0.1, 0.15) is 0 Å². The number of nitrogens with one attached hydrogen (secondary N) is 1. The first kappa shape index (κ1) is 13.8. The number of halogens is 1. The van der Waals surface area contributed by atoms with Crippen LogP contribution in [0, 0.1) is 0 Å². The van der Waals surface area contributed by atoms with Gasteiger partial charge in [-0.1, -0.05) is 35.9 Å². The van der Waals surface area contributed by atoms with Crippen LogP contribution < -0.4 is 5.32 Å². The molecule has 0 radical (unpaired) electrons. The number of nitrogens with zero attached hydrogens (tertiary/aromatic N) is 2. The van der Waals surface area contributed by atoms with Crippen LogP contribution in [-0.2, 0) is 0 Å². The Balaban J connectivity index is 1.89. The molecule has 112 valence electrons. The van der Waals surface area contributed by atoms with Crippen molar-refractivity contribution in [1.29, 1.82) is 0 Å². The minimum absolute atomic E-state index is 0.531. The van der Waals surface area contributed by atoms with Gasteiger partial charge in [-0.2, -0.15) is 0 Å². The molecular formula is C18H12ClN3O. The molecule has 0 aliphatic heterocycles. The number of furan rings is 1. The second-order valence-corrected chi connectivity index (χ2v) is 5.40. The molecule has 0 amide bonds. The molecule has 2 aromatic carbocycles. The number of para-hydroxylation sites is 2. The first-order valence-corrected chi connectivity index (χ1v) is 7.51. The highest BCUT2D eigenvalue weighted by Crippen LogP contribution is 2.30. The Bertz CT molecular complexity index is 967. The fraction of sp³-hybridized carbons (Fsp3) is 0. The van der Waals surface area contributed by atoms with E-state index >= 15 is 0 Å². The number of rotatable bonds is 3. The van der Waals surface area contributed by atoms with Crippen molar-refractivity contribution in [2.75, 3.05) is 5.32 Å². The molecule has 0 saturated carbocycles. The molecule has 0 spiro atoms. The number of fused-ring (bicyclic) bond motifs is 1. The third-order valence-electron chi connectivity index (χ3n) is 3.47. The number of anilines is 2. The zero-order valence-electron chi connectivity index (χ0n) is 12.0. The van der Waals surface area contributed by atoms with Gasteiger partial charge in [0.25, 0.3) is 0 Å². The van der Waals surface area contributed by atoms with Crippen LogP contribution in [0.15, 0.2) is 71.3 Å². The molecule has 0 atom stereocenters. The first-order chi connectivity index (χ1) is 11.3. The lowest BCUT2D eigenvalue weighted by Gasteiger charge is -2.11. The summed E-state index contributed by atoms with van der Waals surface area (Å²) in [4.78, 5) is 9.17. The van der Waals surface area contributed by atoms with Crippen molar-refractivity contribution in [2.45, 2.75) is 0 Å². The van der Waals surface area contributed by atoms with Crippen molar-refractivity contribution in [1.82, 2.24) is 9.97 Å². The second kappa shape index (κ2) is 5.74. The minimum atomic E-state index is 0.531. The van der Waals surface area contributed by atoms with Crippen molar-refractivity contribution in [2.24, 2.45) is 0 Å². The van der Waals surface area contributed by atoms with E-state index in [1.807, 2.05) is 60.7 Å². The maximum Gasteiger partial charge on any atom is 0.198 e. The molecular weight excluding hydrogens is 310 g/mol. The van der Waals surface area contributed by atoms with Crippen molar-refractivity contribution < 1.29 is 4.42 Å². The molecule has 4 rings (SSSR count). The minimum Gasteiger partial charge on any atom is -0.461 e. The SMILES string of the molecule is Clc1ccccc1Nc1nc(-c2ccco2)nc2ccccc12. The summed E-state index contributed by atoms with van der Waals surface area (Å²) in [6.07, 6.45) is 1.61. The Morgan fingerprint density at radius 3 is 2.52 bits per heavy atom. The normalized spacial score (nSPS) is 10.8. The molecule has 0 fully saturated rings. The third kappa shape index (κ3) is 2.64. The predicted octanol–water partition coefficient (Wildman–Crippen LogP) is 5.29. The van der Waals surface area contributed by atoms with Gasteiger partial charge in [-0.3, -0.25) is 0 Å². The van der Waals surface area contributed by atoms with Crippen molar-refractivity contribution >= 4 is 34.0 Å². The molecule has 0 aliphatic carbocycles. The van der Waals surface area contributed by atoms with E-state index in [0.29, 0.717) is 22.4 Å². The lowest BCUT2D eigenvalue weighted by atomic mass is 10.2. The summed E-state index contributed by atoms with van der Waals surface area (Å²) in [5, 5.41) is 4.85. The van der Waals surface area contributed by atoms with Crippen LogP contribution in [-0.4, -0.2) is 9.97 Å². The Morgan fingerprint density at radius 1 is 0.870 bits per heavy atom. The zero-order chi connectivity index (χ0) is 15.6. The van der Waals surface area contributed by atoms with Crippen LogP contribution in [0.25, 0.3) is 22.5 Å². The van der Waals surface area contributed by atoms with E-state index in [1.54, 1.807) is 6.26 Å². The summed E-state index contributed by atoms with van der Waals surface area (Å²) < 4.78 is 5.42. The van der Waals surface area contributed by atoms with E-state index < -0.39 is 0 Å². The Morgan fingerprint density at radius 2 is 1.70 bits per heavy atom. The highest BCUT2D eigenvalue weighted by Gasteiger charge is 2.12. The molecule has 0 unspecified atom stereocenters. The number of hydrogen-bond acceptors (Lipinski definition) is 4. The summed E-state index contributed by atoms with van der Waals surface area (Å²) >= 11 is 6.24. The molecule has 2 heterocycles. The molecule has 0 saturated heterocycles. The highest BCUT2D eigenvalue weighted by atomic mass is 35.5. The topological polar surface area (TPSA) is 51.0 Å². The number of hydrogen-bond donors (Lipinski definition) is 1. The van der Waals surface area contributed by atoms with E-state index in [1.165, 1.54) is 0 Å². The largest absolute Gasteiger partial charge is 0.461 e. The molecule has 4 aromatic rings. The Labute approximate surface area is 137 Å². The van der Waals surface area contributed by atoms with Crippen molar-refractivity contribution in [3.8, 4) is 11.6 Å². The quantitative estimate of drug-likeness (QED) is 0.557. The summed E-state index contributed by atoms with van der Waals surface area (Å²) in [6.45, 7) is 0. The monoisotopic (exact) mass is 321 g/mol. The summed E-state index contributed by atoms with van der Waals surface area (Å²) in [7, 11) is 0. The van der Waals surface area contributed by atoms with E-state index in [9.17, 15) is 0 Å². The van der Waals surface area contributed by atoms with Gasteiger partial charge in [0.15, 0.2) is 11.6 Å². The van der Waals surface area contributed by atoms with Gasteiger partial charge in [-0.25, -0.2) is 9.97 Å². The predicted molar refractivity (Wildman–Crippen MR) is 92.0 cm³/mol. The Kier molecular flexibility index (Phi) is 3.44. The molecule has 0 aliphatic rings. The lowest BCUT2D eigenvalue weighted by Crippen LogP contribution is -1.99. The van der Waals surface area contributed by atoms with Gasteiger partial charge < -0.3 is 9.73 Å². The van der Waals surface area contributed by atoms with Crippen LogP contribution in [0.4, 0.5) is 11.5 Å². The zero-order valence-corrected chi connectivity index (χ0v) is 12.8. The molecule has 2 aromatic heterocycles. The van der Waals surface area contributed by atoms with Crippen LogP contribution in [0.2, 0.25) is 5.02 Å². The molecule has 1 N–H and O–H groups in total. The first-order valence-electron chi connectivity index (χ1n) is 7.13. The van der Waals surface area contributed by atoms with E-state index in [0.717, 1.165) is 16.6 Å². The number of benzene rings is 2. The summed E-state index contributed by atoms with van der Waals surface area (Å²) in [5.41, 5.74) is 1.63. The fourth-order valence-electron chi connectivity index (χ4n) is 2.38.